The third-order valence-electron chi connectivity index (χ3n) is 3.33. The van der Waals surface area contributed by atoms with Crippen LogP contribution in [0.2, 0.25) is 0 Å². The van der Waals surface area contributed by atoms with Gasteiger partial charge >= 0.3 is 11.8 Å². The van der Waals surface area contributed by atoms with Crippen molar-refractivity contribution in [2.45, 2.75) is 18.6 Å². The van der Waals surface area contributed by atoms with Crippen LogP contribution in [0.4, 0.5) is 5.82 Å². The highest BCUT2D eigenvalue weighted by atomic mass is 16.6. The van der Waals surface area contributed by atoms with Gasteiger partial charge < -0.3 is 25.2 Å². The number of aliphatic hydroxyl groups excluding tert-OH is 1. The van der Waals surface area contributed by atoms with Crippen molar-refractivity contribution in [1.82, 2.24) is 9.47 Å². The summed E-state index contributed by atoms with van der Waals surface area (Å²) in [5.74, 6) is -2.12. The lowest BCUT2D eigenvalue weighted by Gasteiger charge is -2.19. The topological polar surface area (TPSA) is 126 Å². The molecule has 20 heavy (non-hydrogen) atoms. The second-order valence-electron chi connectivity index (χ2n) is 4.59. The van der Waals surface area contributed by atoms with E-state index in [2.05, 4.69) is 0 Å². The molecule has 1 fully saturated rings. The number of hydrogen-bond acceptors (Lipinski definition) is 5. The summed E-state index contributed by atoms with van der Waals surface area (Å²) in [6, 6.07) is 1.33. The van der Waals surface area contributed by atoms with Crippen LogP contribution in [0.25, 0.3) is 0 Å². The SMILES string of the molecule is Cn1c(C(=O)N2CC(O)CC2C(=O)O)ccc1[N+](=O)[O-]. The third kappa shape index (κ3) is 2.23. The van der Waals surface area contributed by atoms with Crippen LogP contribution in [0.1, 0.15) is 16.9 Å². The van der Waals surface area contributed by atoms with Crippen molar-refractivity contribution in [3.63, 3.8) is 0 Å². The van der Waals surface area contributed by atoms with Gasteiger partial charge in [0, 0.05) is 19.0 Å². The van der Waals surface area contributed by atoms with E-state index in [4.69, 9.17) is 5.11 Å². The van der Waals surface area contributed by atoms with E-state index in [-0.39, 0.29) is 24.5 Å². The Labute approximate surface area is 113 Å². The van der Waals surface area contributed by atoms with Crippen LogP contribution in [-0.2, 0) is 11.8 Å². The van der Waals surface area contributed by atoms with Gasteiger partial charge in [-0.25, -0.2) is 9.36 Å². The molecule has 1 saturated heterocycles. The van der Waals surface area contributed by atoms with Crippen molar-refractivity contribution in [2.75, 3.05) is 6.54 Å². The summed E-state index contributed by atoms with van der Waals surface area (Å²) in [4.78, 5) is 34.5. The van der Waals surface area contributed by atoms with Crippen molar-refractivity contribution in [1.29, 1.82) is 0 Å². The lowest BCUT2D eigenvalue weighted by atomic mass is 10.2. The second-order valence-corrected chi connectivity index (χ2v) is 4.59. The molecule has 9 nitrogen and oxygen atoms in total. The van der Waals surface area contributed by atoms with Gasteiger partial charge in [-0.15, -0.1) is 0 Å². The first kappa shape index (κ1) is 14.0. The molecule has 0 spiro atoms. The number of rotatable bonds is 3. The lowest BCUT2D eigenvalue weighted by Crippen LogP contribution is -2.41. The van der Waals surface area contributed by atoms with Crippen LogP contribution in [-0.4, -0.2) is 55.2 Å². The first-order chi connectivity index (χ1) is 9.32. The Morgan fingerprint density at radius 2 is 2.10 bits per heavy atom. The highest BCUT2D eigenvalue weighted by molar-refractivity contribution is 5.96. The molecule has 0 saturated carbocycles. The Morgan fingerprint density at radius 3 is 2.60 bits per heavy atom. The number of nitro groups is 1. The lowest BCUT2D eigenvalue weighted by molar-refractivity contribution is -0.391. The Balaban J connectivity index is 2.31. The smallest absolute Gasteiger partial charge is 0.326 e. The zero-order chi connectivity index (χ0) is 15.0. The number of aromatic nitrogens is 1. The molecular formula is C11H13N3O6. The van der Waals surface area contributed by atoms with E-state index in [0.29, 0.717) is 0 Å². The molecule has 0 aliphatic carbocycles. The zero-order valence-corrected chi connectivity index (χ0v) is 10.6. The van der Waals surface area contributed by atoms with Crippen LogP contribution in [0, 0.1) is 10.1 Å². The summed E-state index contributed by atoms with van der Waals surface area (Å²) < 4.78 is 1.09. The van der Waals surface area contributed by atoms with E-state index in [0.717, 1.165) is 9.47 Å². The quantitative estimate of drug-likeness (QED) is 0.574. The summed E-state index contributed by atoms with van der Waals surface area (Å²) >= 11 is 0. The second kappa shape index (κ2) is 4.93. The number of aliphatic hydroxyl groups is 1. The van der Waals surface area contributed by atoms with Gasteiger partial charge in [0.1, 0.15) is 6.04 Å². The zero-order valence-electron chi connectivity index (χ0n) is 10.6. The fourth-order valence-electron chi connectivity index (χ4n) is 2.32. The molecule has 1 aliphatic rings. The third-order valence-corrected chi connectivity index (χ3v) is 3.33. The number of β-amino-alcohol motifs (C(OH)–C–C–N with tert-alkyl or cyclic N) is 1. The first-order valence-electron chi connectivity index (χ1n) is 5.85. The molecular weight excluding hydrogens is 270 g/mol. The van der Waals surface area contributed by atoms with Gasteiger partial charge in [0.25, 0.3) is 5.91 Å². The minimum atomic E-state index is -1.21. The predicted octanol–water partition coefficient (Wildman–Crippen LogP) is -0.407. The van der Waals surface area contributed by atoms with Crippen molar-refractivity contribution in [2.24, 2.45) is 7.05 Å². The van der Waals surface area contributed by atoms with E-state index in [1.54, 1.807) is 0 Å². The molecule has 2 N–H and O–H groups in total. The normalized spacial score (nSPS) is 22.0. The number of carbonyl (C=O) groups excluding carboxylic acids is 1. The van der Waals surface area contributed by atoms with Gasteiger partial charge in [0.05, 0.1) is 13.2 Å². The number of hydrogen-bond donors (Lipinski definition) is 2. The Morgan fingerprint density at radius 1 is 1.45 bits per heavy atom. The maximum atomic E-state index is 12.3. The van der Waals surface area contributed by atoms with Crippen LogP contribution < -0.4 is 0 Å². The summed E-state index contributed by atoms with van der Waals surface area (Å²) in [5.41, 5.74) is 0.0112. The Hall–Kier alpha value is -2.42. The first-order valence-corrected chi connectivity index (χ1v) is 5.85. The van der Waals surface area contributed by atoms with E-state index in [1.807, 2.05) is 0 Å². The Bertz CT molecular complexity index is 581. The van der Waals surface area contributed by atoms with E-state index < -0.39 is 28.9 Å². The number of nitrogens with zero attached hydrogens (tertiary/aromatic N) is 3. The highest BCUT2D eigenvalue weighted by Crippen LogP contribution is 2.23. The minimum Gasteiger partial charge on any atom is -0.480 e. The predicted molar refractivity (Wildman–Crippen MR) is 65.2 cm³/mol. The monoisotopic (exact) mass is 283 g/mol. The molecule has 1 aromatic heterocycles. The fraction of sp³-hybridized carbons (Fsp3) is 0.455. The molecule has 2 atom stereocenters. The summed E-state index contributed by atoms with van der Waals surface area (Å²) in [6.45, 7) is -0.102. The van der Waals surface area contributed by atoms with Crippen LogP contribution >= 0.6 is 0 Å². The molecule has 1 aromatic rings. The number of aliphatic carboxylic acids is 1. The largest absolute Gasteiger partial charge is 0.480 e. The summed E-state index contributed by atoms with van der Waals surface area (Å²) in [5, 5.41) is 29.3. The number of carbonyl (C=O) groups is 2. The molecule has 2 rings (SSSR count). The molecule has 1 amide bonds. The molecule has 1 aliphatic heterocycles. The molecule has 2 heterocycles. The van der Waals surface area contributed by atoms with Crippen molar-refractivity contribution < 1.29 is 24.7 Å². The van der Waals surface area contributed by atoms with Gasteiger partial charge in [-0.2, -0.15) is 0 Å². The maximum absolute atomic E-state index is 12.3. The van der Waals surface area contributed by atoms with Gasteiger partial charge in [-0.1, -0.05) is 0 Å². The summed E-state index contributed by atoms with van der Waals surface area (Å²) in [7, 11) is 1.35. The van der Waals surface area contributed by atoms with Gasteiger partial charge in [-0.05, 0) is 11.0 Å². The standard InChI is InChI=1S/C11H13N3O6/c1-12-7(2-3-9(12)14(19)20)10(16)13-5-6(15)4-8(13)11(17)18/h2-3,6,8,15H,4-5H2,1H3,(H,17,18). The molecule has 2 unspecified atom stereocenters. The Kier molecular flexibility index (Phi) is 3.45. The highest BCUT2D eigenvalue weighted by Gasteiger charge is 2.41. The number of carboxylic acid groups (broad SMARTS) is 1. The minimum absolute atomic E-state index is 0.0112. The average Bonchev–Trinajstić information content (AvgIpc) is 2.91. The van der Waals surface area contributed by atoms with E-state index in [1.165, 1.54) is 19.2 Å². The van der Waals surface area contributed by atoms with E-state index >= 15 is 0 Å². The molecule has 9 heteroatoms. The molecule has 0 aromatic carbocycles. The van der Waals surface area contributed by atoms with Crippen LogP contribution in [0.5, 0.6) is 0 Å². The van der Waals surface area contributed by atoms with Gasteiger partial charge in [-0.3, -0.25) is 4.79 Å². The van der Waals surface area contributed by atoms with Crippen molar-refractivity contribution >= 4 is 17.7 Å². The summed E-state index contributed by atoms with van der Waals surface area (Å²) in [6.07, 6.45) is -0.955. The van der Waals surface area contributed by atoms with Crippen molar-refractivity contribution in [3.05, 3.63) is 27.9 Å². The molecule has 0 radical (unpaired) electrons. The van der Waals surface area contributed by atoms with Gasteiger partial charge in [0.15, 0.2) is 5.69 Å². The molecule has 0 bridgehead atoms. The molecule has 108 valence electrons. The fourth-order valence-corrected chi connectivity index (χ4v) is 2.32. The van der Waals surface area contributed by atoms with Gasteiger partial charge in [0.2, 0.25) is 0 Å². The maximum Gasteiger partial charge on any atom is 0.326 e. The van der Waals surface area contributed by atoms with Crippen LogP contribution in [0.15, 0.2) is 12.1 Å². The number of carboxylic acids is 1. The number of amides is 1. The van der Waals surface area contributed by atoms with Crippen molar-refractivity contribution in [3.8, 4) is 0 Å². The van der Waals surface area contributed by atoms with Crippen LogP contribution in [0.3, 0.4) is 0 Å². The average molecular weight is 283 g/mol. The number of likely N-dealkylation sites (tertiary alicyclic amines) is 1. The van der Waals surface area contributed by atoms with E-state index in [9.17, 15) is 24.8 Å².